The van der Waals surface area contributed by atoms with E-state index < -0.39 is 5.97 Å². The maximum atomic E-state index is 10.2. The molecule has 0 aliphatic carbocycles. The quantitative estimate of drug-likeness (QED) is 0.339. The summed E-state index contributed by atoms with van der Waals surface area (Å²) < 4.78 is 0. The van der Waals surface area contributed by atoms with Gasteiger partial charge < -0.3 is 0 Å². The fourth-order valence-corrected chi connectivity index (χ4v) is 1.84. The van der Waals surface area contributed by atoms with Crippen molar-refractivity contribution in [1.29, 1.82) is 0 Å². The highest BCUT2D eigenvalue weighted by Crippen LogP contribution is 1.97. The average Bonchev–Trinajstić information content (AvgIpc) is 2.56. The highest BCUT2D eigenvalue weighted by Gasteiger charge is 1.93. The van der Waals surface area contributed by atoms with Crippen molar-refractivity contribution in [1.82, 2.24) is 0 Å². The molecule has 0 saturated carbocycles. The van der Waals surface area contributed by atoms with Gasteiger partial charge in [-0.25, -0.2) is 9.90 Å². The molecule has 0 fully saturated rings. The monoisotopic (exact) mass is 327 g/mol. The number of hydrogen-bond acceptors (Lipinski definition) is 1. The molecule has 0 aromatic carbocycles. The first kappa shape index (κ1) is 21.9. The molecule has 0 aromatic heterocycles. The van der Waals surface area contributed by atoms with Gasteiger partial charge in [-0.1, -0.05) is 79.8 Å². The molecule has 0 spiro atoms. The summed E-state index contributed by atoms with van der Waals surface area (Å²) in [5.74, 6) is -0.991. The van der Waals surface area contributed by atoms with Crippen LogP contribution >= 0.6 is 0 Å². The van der Waals surface area contributed by atoms with E-state index in [1.54, 1.807) is 0 Å². The molecule has 0 aliphatic heterocycles. The first-order valence-electron chi connectivity index (χ1n) is 8.87. The van der Waals surface area contributed by atoms with Gasteiger partial charge in [0.2, 0.25) is 0 Å². The third kappa shape index (κ3) is 19.9. The van der Waals surface area contributed by atoms with Crippen LogP contribution in [0.3, 0.4) is 0 Å². The maximum absolute atomic E-state index is 10.2. The summed E-state index contributed by atoms with van der Waals surface area (Å²) in [7, 11) is 0. The molecule has 0 saturated heterocycles. The first-order valence-corrected chi connectivity index (χ1v) is 8.87. The molecule has 0 bridgehead atoms. The zero-order valence-electron chi connectivity index (χ0n) is 14.9. The van der Waals surface area contributed by atoms with Crippen molar-refractivity contribution in [3.8, 4) is 0 Å². The van der Waals surface area contributed by atoms with Crippen LogP contribution in [0.15, 0.2) is 72.9 Å². The standard InChI is InChI=1S/C22H31O2/c1-2-3-4-5-6-7-8-9-10-11-12-13-14-15-16-17-18-19-20-21-22(23)24/h3-4,6-7,9-10,12-13,15-16,18-19H,2,5,8,11,14,17,20-21H2,1H3/b4-3+,7-6+,10-9+,13-12+,16-15+,19-18+. The van der Waals surface area contributed by atoms with Crippen molar-refractivity contribution in [2.45, 2.75) is 58.3 Å². The normalized spacial score (nSPS) is 13.0. The van der Waals surface area contributed by atoms with Crippen molar-refractivity contribution < 1.29 is 9.90 Å². The Hall–Kier alpha value is -2.09. The minimum Gasteiger partial charge on any atom is -0.247 e. The van der Waals surface area contributed by atoms with Crippen LogP contribution in [0.25, 0.3) is 0 Å². The van der Waals surface area contributed by atoms with Crippen molar-refractivity contribution in [2.24, 2.45) is 0 Å². The van der Waals surface area contributed by atoms with Crippen LogP contribution in [0.2, 0.25) is 0 Å². The third-order valence-electron chi connectivity index (χ3n) is 3.11. The van der Waals surface area contributed by atoms with E-state index in [2.05, 4.69) is 67.7 Å². The summed E-state index contributed by atoms with van der Waals surface area (Å²) in [5, 5.41) is 10.2. The van der Waals surface area contributed by atoms with Gasteiger partial charge in [-0.05, 0) is 44.9 Å². The van der Waals surface area contributed by atoms with Gasteiger partial charge in [0.1, 0.15) is 0 Å². The van der Waals surface area contributed by atoms with E-state index in [1.165, 1.54) is 0 Å². The summed E-state index contributed by atoms with van der Waals surface area (Å²) in [6, 6.07) is 0. The van der Waals surface area contributed by atoms with Crippen molar-refractivity contribution >= 4 is 5.97 Å². The number of carbonyl (C=O) groups is 1. The first-order chi connectivity index (χ1) is 11.8. The van der Waals surface area contributed by atoms with E-state index in [9.17, 15) is 9.90 Å². The van der Waals surface area contributed by atoms with Crippen molar-refractivity contribution in [2.75, 3.05) is 0 Å². The minimum atomic E-state index is -0.991. The van der Waals surface area contributed by atoms with Gasteiger partial charge >= 0.3 is 5.97 Å². The van der Waals surface area contributed by atoms with Crippen molar-refractivity contribution in [3.05, 3.63) is 72.9 Å². The molecule has 131 valence electrons. The summed E-state index contributed by atoms with van der Waals surface area (Å²) in [5.41, 5.74) is 0. The fraction of sp³-hybridized carbons (Fsp3) is 0.409. The lowest BCUT2D eigenvalue weighted by Gasteiger charge is -1.86. The molecular formula is C22H31O2. The third-order valence-corrected chi connectivity index (χ3v) is 3.11. The van der Waals surface area contributed by atoms with Crippen molar-refractivity contribution in [3.63, 3.8) is 0 Å². The van der Waals surface area contributed by atoms with Gasteiger partial charge in [0, 0.05) is 0 Å². The van der Waals surface area contributed by atoms with E-state index in [1.807, 2.05) is 12.2 Å². The predicted molar refractivity (Wildman–Crippen MR) is 103 cm³/mol. The fourth-order valence-electron chi connectivity index (χ4n) is 1.84. The molecule has 0 unspecified atom stereocenters. The van der Waals surface area contributed by atoms with Gasteiger partial charge in [0.25, 0.3) is 0 Å². The number of rotatable bonds is 14. The molecule has 24 heavy (non-hydrogen) atoms. The lowest BCUT2D eigenvalue weighted by molar-refractivity contribution is -0.142. The van der Waals surface area contributed by atoms with Crippen LogP contribution < -0.4 is 0 Å². The Kier molecular flexibility index (Phi) is 17.3. The molecule has 0 aromatic rings. The topological polar surface area (TPSA) is 37.0 Å². The zero-order chi connectivity index (χ0) is 17.7. The van der Waals surface area contributed by atoms with Crippen LogP contribution in [0.5, 0.6) is 0 Å². The second-order valence-corrected chi connectivity index (χ2v) is 5.33. The Labute approximate surface area is 147 Å². The van der Waals surface area contributed by atoms with E-state index in [-0.39, 0.29) is 6.42 Å². The zero-order valence-corrected chi connectivity index (χ0v) is 14.9. The van der Waals surface area contributed by atoms with Crippen LogP contribution in [-0.2, 0) is 9.90 Å². The maximum Gasteiger partial charge on any atom is 0.355 e. The number of carbonyl (C=O) groups excluding carboxylic acids is 1. The van der Waals surface area contributed by atoms with E-state index in [0.717, 1.165) is 38.5 Å². The average molecular weight is 327 g/mol. The molecule has 0 heterocycles. The summed E-state index contributed by atoms with van der Waals surface area (Å²) in [6.07, 6.45) is 32.1. The van der Waals surface area contributed by atoms with Gasteiger partial charge in [-0.15, -0.1) is 0 Å². The predicted octanol–water partition coefficient (Wildman–Crippen LogP) is 6.42. The second-order valence-electron chi connectivity index (χ2n) is 5.33. The summed E-state index contributed by atoms with van der Waals surface area (Å²) in [6.45, 7) is 2.15. The summed E-state index contributed by atoms with van der Waals surface area (Å²) in [4.78, 5) is 10.2. The van der Waals surface area contributed by atoms with Crippen LogP contribution in [-0.4, -0.2) is 5.97 Å². The number of hydrogen-bond donors (Lipinski definition) is 0. The molecule has 0 amide bonds. The molecule has 2 heteroatoms. The summed E-state index contributed by atoms with van der Waals surface area (Å²) >= 11 is 0. The highest BCUT2D eigenvalue weighted by atomic mass is 16.4. The lowest BCUT2D eigenvalue weighted by atomic mass is 10.2. The SMILES string of the molecule is CC/C=C/C/C=C/C/C=C/C/C=C/C/C=C/C/C=C/CCC([O])=O. The Morgan fingerprint density at radius 3 is 1.25 bits per heavy atom. The highest BCUT2D eigenvalue weighted by molar-refractivity contribution is 5.66. The number of allylic oxidation sites excluding steroid dienone is 12. The molecule has 0 rings (SSSR count). The van der Waals surface area contributed by atoms with Gasteiger partial charge in [-0.2, -0.15) is 0 Å². The second kappa shape index (κ2) is 19.0. The Bertz CT molecular complexity index is 462. The Morgan fingerprint density at radius 2 is 0.917 bits per heavy atom. The molecule has 0 N–H and O–H groups in total. The van der Waals surface area contributed by atoms with Crippen LogP contribution in [0, 0.1) is 0 Å². The van der Waals surface area contributed by atoms with Crippen LogP contribution in [0.1, 0.15) is 58.3 Å². The lowest BCUT2D eigenvalue weighted by Crippen LogP contribution is -1.88. The molecule has 0 atom stereocenters. The minimum absolute atomic E-state index is 0.0994. The van der Waals surface area contributed by atoms with E-state index >= 15 is 0 Å². The largest absolute Gasteiger partial charge is 0.355 e. The molecule has 1 radical (unpaired) electrons. The van der Waals surface area contributed by atoms with Gasteiger partial charge in [-0.3, -0.25) is 0 Å². The molecular weight excluding hydrogens is 296 g/mol. The van der Waals surface area contributed by atoms with Crippen LogP contribution in [0.4, 0.5) is 0 Å². The smallest absolute Gasteiger partial charge is 0.247 e. The Balaban J connectivity index is 3.51. The van der Waals surface area contributed by atoms with E-state index in [0.29, 0.717) is 6.42 Å². The molecule has 0 aliphatic rings. The van der Waals surface area contributed by atoms with Gasteiger partial charge in [0.05, 0.1) is 6.42 Å². The molecule has 2 nitrogen and oxygen atoms in total. The Morgan fingerprint density at radius 1 is 0.583 bits per heavy atom. The van der Waals surface area contributed by atoms with Gasteiger partial charge in [0.15, 0.2) is 0 Å². The van der Waals surface area contributed by atoms with E-state index in [4.69, 9.17) is 0 Å².